The number of carbonyl (C=O) groups excluding carboxylic acids is 1. The van der Waals surface area contributed by atoms with Gasteiger partial charge < -0.3 is 9.64 Å². The van der Waals surface area contributed by atoms with Crippen molar-refractivity contribution in [3.8, 4) is 11.4 Å². The van der Waals surface area contributed by atoms with Gasteiger partial charge >= 0.3 is 0 Å². The average Bonchev–Trinajstić information content (AvgIpc) is 3.06. The van der Waals surface area contributed by atoms with Crippen LogP contribution >= 0.6 is 0 Å². The van der Waals surface area contributed by atoms with Crippen LogP contribution in [-0.2, 0) is 21.6 Å². The van der Waals surface area contributed by atoms with Crippen LogP contribution in [0.25, 0.3) is 11.4 Å². The fraction of sp³-hybridized carbons (Fsp3) is 0.524. The smallest absolute Gasteiger partial charge is 0.223 e. The van der Waals surface area contributed by atoms with E-state index in [-0.39, 0.29) is 16.7 Å². The van der Waals surface area contributed by atoms with Crippen LogP contribution in [0.1, 0.15) is 44.9 Å². The van der Waals surface area contributed by atoms with Gasteiger partial charge in [-0.05, 0) is 24.0 Å². The largest absolute Gasteiger partial charge is 0.376 e. The minimum atomic E-state index is -0.235. The highest BCUT2D eigenvalue weighted by Gasteiger charge is 2.46. The quantitative estimate of drug-likeness (QED) is 0.817. The van der Waals surface area contributed by atoms with Crippen LogP contribution in [0.2, 0.25) is 0 Å². The number of nitrogens with zero attached hydrogens (tertiary/aromatic N) is 4. The summed E-state index contributed by atoms with van der Waals surface area (Å²) >= 11 is 0. The summed E-state index contributed by atoms with van der Waals surface area (Å²) in [6, 6.07) is 3.86. The Morgan fingerprint density at radius 1 is 1.33 bits per heavy atom. The molecule has 4 heterocycles. The molecule has 0 bridgehead atoms. The van der Waals surface area contributed by atoms with E-state index in [1.807, 2.05) is 23.2 Å². The number of ether oxygens (including phenoxy) is 1. The molecule has 1 atom stereocenters. The zero-order chi connectivity index (χ0) is 19.1. The van der Waals surface area contributed by atoms with E-state index in [2.05, 4.69) is 30.7 Å². The molecule has 2 aliphatic rings. The van der Waals surface area contributed by atoms with Gasteiger partial charge in [0.1, 0.15) is 0 Å². The molecule has 0 N–H and O–H groups in total. The number of fused-ring (bicyclic) bond motifs is 2. The van der Waals surface area contributed by atoms with E-state index >= 15 is 0 Å². The monoisotopic (exact) mass is 366 g/mol. The van der Waals surface area contributed by atoms with Crippen molar-refractivity contribution in [2.75, 3.05) is 19.7 Å². The van der Waals surface area contributed by atoms with Gasteiger partial charge in [0.25, 0.3) is 0 Å². The number of hydrogen-bond donors (Lipinski definition) is 0. The van der Waals surface area contributed by atoms with Gasteiger partial charge in [-0.15, -0.1) is 0 Å². The van der Waals surface area contributed by atoms with Crippen LogP contribution in [0, 0.1) is 5.41 Å². The van der Waals surface area contributed by atoms with Crippen LogP contribution < -0.4 is 0 Å². The predicted molar refractivity (Wildman–Crippen MR) is 102 cm³/mol. The summed E-state index contributed by atoms with van der Waals surface area (Å²) in [5.74, 6) is 0.899. The third kappa shape index (κ3) is 3.58. The zero-order valence-electron chi connectivity index (χ0n) is 16.2. The highest BCUT2D eigenvalue weighted by molar-refractivity contribution is 5.77. The second-order valence-electron chi connectivity index (χ2n) is 8.89. The lowest BCUT2D eigenvalue weighted by Gasteiger charge is -2.34. The molecular formula is C21H26N4O2. The molecule has 0 unspecified atom stereocenters. The van der Waals surface area contributed by atoms with E-state index < -0.39 is 0 Å². The van der Waals surface area contributed by atoms with E-state index in [0.717, 1.165) is 29.8 Å². The summed E-state index contributed by atoms with van der Waals surface area (Å²) in [5, 5.41) is 0. The molecule has 1 spiro atoms. The first-order valence-corrected chi connectivity index (χ1v) is 9.49. The van der Waals surface area contributed by atoms with E-state index in [0.29, 0.717) is 32.0 Å². The molecule has 0 radical (unpaired) electrons. The van der Waals surface area contributed by atoms with Crippen molar-refractivity contribution in [2.24, 2.45) is 5.41 Å². The van der Waals surface area contributed by atoms with E-state index in [9.17, 15) is 4.79 Å². The van der Waals surface area contributed by atoms with Crippen LogP contribution in [0.4, 0.5) is 0 Å². The van der Waals surface area contributed by atoms with Crippen molar-refractivity contribution < 1.29 is 9.53 Å². The summed E-state index contributed by atoms with van der Waals surface area (Å²) < 4.78 is 5.88. The Morgan fingerprint density at radius 2 is 2.19 bits per heavy atom. The number of hydrogen-bond acceptors (Lipinski definition) is 5. The van der Waals surface area contributed by atoms with Crippen LogP contribution in [0.15, 0.2) is 30.7 Å². The Balaban J connectivity index is 1.64. The topological polar surface area (TPSA) is 68.2 Å². The van der Waals surface area contributed by atoms with Crippen molar-refractivity contribution in [1.82, 2.24) is 19.9 Å². The van der Waals surface area contributed by atoms with Crippen LogP contribution in [0.3, 0.4) is 0 Å². The first kappa shape index (κ1) is 18.0. The Labute approximate surface area is 160 Å². The molecule has 6 nitrogen and oxygen atoms in total. The van der Waals surface area contributed by atoms with Gasteiger partial charge in [0, 0.05) is 49.2 Å². The molecule has 0 aliphatic carbocycles. The van der Waals surface area contributed by atoms with Crippen molar-refractivity contribution in [2.45, 2.75) is 45.6 Å². The highest BCUT2D eigenvalue weighted by atomic mass is 16.5. The second kappa shape index (κ2) is 6.68. The maximum atomic E-state index is 12.7. The second-order valence-corrected chi connectivity index (χ2v) is 8.89. The molecule has 0 aromatic carbocycles. The lowest BCUT2D eigenvalue weighted by molar-refractivity contribution is -0.132. The molecule has 1 amide bonds. The normalized spacial score (nSPS) is 22.1. The first-order chi connectivity index (χ1) is 12.9. The highest BCUT2D eigenvalue weighted by Crippen LogP contribution is 2.40. The Kier molecular flexibility index (Phi) is 4.46. The van der Waals surface area contributed by atoms with Crippen molar-refractivity contribution in [3.05, 3.63) is 42.0 Å². The molecular weight excluding hydrogens is 340 g/mol. The SMILES string of the molecule is CC(C)(C)CC(=O)N1CC[C@]2(COCc3cnc(-c4cccnc4)nc32)C1. The molecule has 2 aliphatic heterocycles. The van der Waals surface area contributed by atoms with Crippen molar-refractivity contribution in [3.63, 3.8) is 0 Å². The molecule has 142 valence electrons. The van der Waals surface area contributed by atoms with Crippen LogP contribution in [-0.4, -0.2) is 45.5 Å². The van der Waals surface area contributed by atoms with Gasteiger partial charge in [-0.2, -0.15) is 0 Å². The molecule has 0 saturated carbocycles. The molecule has 1 saturated heterocycles. The van der Waals surface area contributed by atoms with Crippen molar-refractivity contribution in [1.29, 1.82) is 0 Å². The summed E-state index contributed by atoms with van der Waals surface area (Å²) in [4.78, 5) is 28.3. The van der Waals surface area contributed by atoms with Gasteiger partial charge in [-0.25, -0.2) is 9.97 Å². The number of rotatable bonds is 2. The maximum absolute atomic E-state index is 12.7. The van der Waals surface area contributed by atoms with Gasteiger partial charge in [0.2, 0.25) is 5.91 Å². The van der Waals surface area contributed by atoms with Crippen molar-refractivity contribution >= 4 is 5.91 Å². The third-order valence-corrected chi connectivity index (χ3v) is 5.31. The van der Waals surface area contributed by atoms with Gasteiger partial charge in [0.15, 0.2) is 5.82 Å². The Bertz CT molecular complexity index is 847. The molecule has 4 rings (SSSR count). The molecule has 6 heteroatoms. The van der Waals surface area contributed by atoms with Crippen LogP contribution in [0.5, 0.6) is 0 Å². The zero-order valence-corrected chi connectivity index (χ0v) is 16.2. The number of amides is 1. The van der Waals surface area contributed by atoms with Gasteiger partial charge in [-0.1, -0.05) is 20.8 Å². The van der Waals surface area contributed by atoms with E-state index in [4.69, 9.17) is 9.72 Å². The average molecular weight is 366 g/mol. The van der Waals surface area contributed by atoms with E-state index in [1.165, 1.54) is 0 Å². The number of carbonyl (C=O) groups is 1. The predicted octanol–water partition coefficient (Wildman–Crippen LogP) is 2.98. The molecule has 2 aromatic rings. The van der Waals surface area contributed by atoms with Gasteiger partial charge in [-0.3, -0.25) is 9.78 Å². The standard InChI is InChI=1S/C21H26N4O2/c1-20(2,3)9-17(26)25-8-6-21(13-25)14-27-12-16-11-23-19(24-18(16)21)15-5-4-7-22-10-15/h4-5,7,10-11H,6,8-9,12-14H2,1-3H3/t21-/m1/s1. The molecule has 27 heavy (non-hydrogen) atoms. The summed E-state index contributed by atoms with van der Waals surface area (Å²) in [6.07, 6.45) is 6.82. The lowest BCUT2D eigenvalue weighted by atomic mass is 9.80. The molecule has 1 fully saturated rings. The number of pyridine rings is 1. The summed E-state index contributed by atoms with van der Waals surface area (Å²) in [7, 11) is 0. The maximum Gasteiger partial charge on any atom is 0.223 e. The fourth-order valence-electron chi connectivity index (χ4n) is 3.99. The number of aromatic nitrogens is 3. The fourth-order valence-corrected chi connectivity index (χ4v) is 3.99. The number of likely N-dealkylation sites (tertiary alicyclic amines) is 1. The lowest BCUT2D eigenvalue weighted by Crippen LogP contribution is -2.42. The van der Waals surface area contributed by atoms with Gasteiger partial charge in [0.05, 0.1) is 24.3 Å². The minimum absolute atomic E-state index is 0.0105. The Hall–Kier alpha value is -2.34. The first-order valence-electron chi connectivity index (χ1n) is 9.49. The Morgan fingerprint density at radius 3 is 2.93 bits per heavy atom. The summed E-state index contributed by atoms with van der Waals surface area (Å²) in [6.45, 7) is 8.85. The third-order valence-electron chi connectivity index (χ3n) is 5.31. The van der Waals surface area contributed by atoms with E-state index in [1.54, 1.807) is 12.4 Å². The summed E-state index contributed by atoms with van der Waals surface area (Å²) in [5.41, 5.74) is 2.72. The molecule has 2 aromatic heterocycles. The minimum Gasteiger partial charge on any atom is -0.376 e.